The summed E-state index contributed by atoms with van der Waals surface area (Å²) in [6.07, 6.45) is 2.81. The molecule has 0 radical (unpaired) electrons. The lowest BCUT2D eigenvalue weighted by Gasteiger charge is -2.29. The number of alkyl halides is 1. The lowest BCUT2D eigenvalue weighted by molar-refractivity contribution is 0.480. The first-order valence-electron chi connectivity index (χ1n) is 5.20. The van der Waals surface area contributed by atoms with Crippen LogP contribution in [0.15, 0.2) is 12.3 Å². The van der Waals surface area contributed by atoms with Crippen molar-refractivity contribution in [3.8, 4) is 0 Å². The van der Waals surface area contributed by atoms with Crippen LogP contribution in [0.25, 0.3) is 0 Å². The minimum absolute atomic E-state index is 0.0609. The summed E-state index contributed by atoms with van der Waals surface area (Å²) >= 11 is 3.60. The Kier molecular flexibility index (Phi) is 3.77. The van der Waals surface area contributed by atoms with Crippen LogP contribution in [0, 0.1) is 6.92 Å². The molecule has 0 bridgehead atoms. The van der Waals surface area contributed by atoms with Crippen molar-refractivity contribution in [3.05, 3.63) is 23.4 Å². The van der Waals surface area contributed by atoms with E-state index in [1.165, 1.54) is 11.1 Å². The third-order valence-corrected chi connectivity index (χ3v) is 2.98. The molecule has 1 aromatic rings. The molecule has 2 nitrogen and oxygen atoms in total. The fourth-order valence-corrected chi connectivity index (χ4v) is 3.07. The molecule has 2 N–H and O–H groups in total. The second kappa shape index (κ2) is 4.52. The van der Waals surface area contributed by atoms with Crippen molar-refractivity contribution in [2.45, 2.75) is 44.4 Å². The van der Waals surface area contributed by atoms with E-state index in [1.54, 1.807) is 6.20 Å². The van der Waals surface area contributed by atoms with Gasteiger partial charge in [-0.3, -0.25) is 0 Å². The second-order valence-electron chi connectivity index (χ2n) is 4.76. The number of nitrogens with zero attached hydrogens (tertiary/aromatic N) is 1. The molecular weight excluding hydrogens is 252 g/mol. The highest BCUT2D eigenvalue weighted by atomic mass is 79.9. The van der Waals surface area contributed by atoms with Gasteiger partial charge in [0.25, 0.3) is 0 Å². The lowest BCUT2D eigenvalue weighted by Crippen LogP contribution is -2.24. The summed E-state index contributed by atoms with van der Waals surface area (Å²) in [6, 6.07) is 2.02. The van der Waals surface area contributed by atoms with Gasteiger partial charge in [0.15, 0.2) is 0 Å². The van der Waals surface area contributed by atoms with Crippen molar-refractivity contribution in [2.75, 3.05) is 5.73 Å². The SMILES string of the molecule is Cc1ccnc(N)c1C(C)(C)CC(C)Br. The van der Waals surface area contributed by atoms with Crippen molar-refractivity contribution in [2.24, 2.45) is 0 Å². The fraction of sp³-hybridized carbons (Fsp3) is 0.583. The minimum Gasteiger partial charge on any atom is -0.383 e. The Morgan fingerprint density at radius 3 is 2.60 bits per heavy atom. The predicted octanol–water partition coefficient (Wildman–Crippen LogP) is 3.42. The van der Waals surface area contributed by atoms with E-state index in [9.17, 15) is 0 Å². The number of nitrogens with two attached hydrogens (primary N) is 1. The fourth-order valence-electron chi connectivity index (χ4n) is 2.26. The van der Waals surface area contributed by atoms with Crippen LogP contribution in [0.5, 0.6) is 0 Å². The molecule has 1 heterocycles. The monoisotopic (exact) mass is 270 g/mol. The van der Waals surface area contributed by atoms with Crippen molar-refractivity contribution < 1.29 is 0 Å². The molecule has 1 atom stereocenters. The third kappa shape index (κ3) is 2.94. The molecule has 0 aromatic carbocycles. The number of hydrogen-bond donors (Lipinski definition) is 1. The van der Waals surface area contributed by atoms with Crippen molar-refractivity contribution in [1.82, 2.24) is 4.98 Å². The number of aromatic nitrogens is 1. The molecule has 84 valence electrons. The summed E-state index contributed by atoms with van der Waals surface area (Å²) in [5, 5.41) is 0. The summed E-state index contributed by atoms with van der Waals surface area (Å²) < 4.78 is 0. The number of pyridine rings is 1. The standard InChI is InChI=1S/C12H19BrN2/c1-8-5-6-15-11(14)10(8)12(3,4)7-9(2)13/h5-6,9H,7H2,1-4H3,(H2,14,15). The van der Waals surface area contributed by atoms with Crippen LogP contribution in [-0.2, 0) is 5.41 Å². The molecule has 0 fully saturated rings. The van der Waals surface area contributed by atoms with Crippen LogP contribution in [0.4, 0.5) is 5.82 Å². The summed E-state index contributed by atoms with van der Waals surface area (Å²) in [7, 11) is 0. The van der Waals surface area contributed by atoms with Gasteiger partial charge in [0.05, 0.1) is 0 Å². The zero-order valence-corrected chi connectivity index (χ0v) is 11.4. The van der Waals surface area contributed by atoms with Gasteiger partial charge in [-0.1, -0.05) is 36.7 Å². The maximum Gasteiger partial charge on any atom is 0.127 e. The maximum absolute atomic E-state index is 5.96. The Morgan fingerprint density at radius 1 is 1.53 bits per heavy atom. The van der Waals surface area contributed by atoms with Crippen LogP contribution in [0.3, 0.4) is 0 Å². The molecule has 0 aliphatic rings. The quantitative estimate of drug-likeness (QED) is 0.855. The highest BCUT2D eigenvalue weighted by molar-refractivity contribution is 9.09. The van der Waals surface area contributed by atoms with Crippen LogP contribution in [0.2, 0.25) is 0 Å². The Hall–Kier alpha value is -0.570. The summed E-state index contributed by atoms with van der Waals surface area (Å²) in [5.41, 5.74) is 8.42. The van der Waals surface area contributed by atoms with Gasteiger partial charge >= 0.3 is 0 Å². The summed E-state index contributed by atoms with van der Waals surface area (Å²) in [5.74, 6) is 0.660. The largest absolute Gasteiger partial charge is 0.383 e. The normalized spacial score (nSPS) is 13.9. The molecule has 0 aliphatic carbocycles. The van der Waals surface area contributed by atoms with E-state index in [0.717, 1.165) is 6.42 Å². The van der Waals surface area contributed by atoms with Crippen LogP contribution >= 0.6 is 15.9 Å². The van der Waals surface area contributed by atoms with Crippen LogP contribution in [0.1, 0.15) is 38.3 Å². The number of rotatable bonds is 3. The average Bonchev–Trinajstić information content (AvgIpc) is 1.99. The third-order valence-electron chi connectivity index (χ3n) is 2.66. The van der Waals surface area contributed by atoms with Crippen molar-refractivity contribution in [1.29, 1.82) is 0 Å². The summed E-state index contributed by atoms with van der Waals surface area (Å²) in [6.45, 7) is 8.67. The molecule has 0 spiro atoms. The first-order chi connectivity index (χ1) is 6.84. The molecule has 1 aromatic heterocycles. The lowest BCUT2D eigenvalue weighted by atomic mass is 9.79. The number of aryl methyl sites for hydroxylation is 1. The summed E-state index contributed by atoms with van der Waals surface area (Å²) in [4.78, 5) is 4.65. The first kappa shape index (κ1) is 12.5. The number of nitrogen functional groups attached to an aromatic ring is 1. The van der Waals surface area contributed by atoms with Crippen LogP contribution < -0.4 is 5.73 Å². The minimum atomic E-state index is 0.0609. The van der Waals surface area contributed by atoms with E-state index in [4.69, 9.17) is 5.73 Å². The molecule has 1 rings (SSSR count). The van der Waals surface area contributed by atoms with Gasteiger partial charge < -0.3 is 5.73 Å². The zero-order valence-electron chi connectivity index (χ0n) is 9.84. The Balaban J connectivity index is 3.14. The maximum atomic E-state index is 5.96. The van der Waals surface area contributed by atoms with Crippen molar-refractivity contribution in [3.63, 3.8) is 0 Å². The van der Waals surface area contributed by atoms with Gasteiger partial charge in [-0.05, 0) is 30.4 Å². The average molecular weight is 271 g/mol. The molecule has 1 unspecified atom stereocenters. The Bertz CT molecular complexity index is 325. The molecule has 0 aliphatic heterocycles. The highest BCUT2D eigenvalue weighted by Gasteiger charge is 2.26. The van der Waals surface area contributed by atoms with E-state index in [1.807, 2.05) is 6.07 Å². The van der Waals surface area contributed by atoms with E-state index in [0.29, 0.717) is 10.6 Å². The van der Waals surface area contributed by atoms with Gasteiger partial charge in [0.1, 0.15) is 5.82 Å². The number of hydrogen-bond acceptors (Lipinski definition) is 2. The van der Waals surface area contributed by atoms with Gasteiger partial charge in [0.2, 0.25) is 0 Å². The molecule has 0 saturated carbocycles. The van der Waals surface area contributed by atoms with Gasteiger partial charge in [0, 0.05) is 16.6 Å². The van der Waals surface area contributed by atoms with Gasteiger partial charge in [-0.15, -0.1) is 0 Å². The second-order valence-corrected chi connectivity index (χ2v) is 6.32. The molecule has 15 heavy (non-hydrogen) atoms. The van der Waals surface area contributed by atoms with E-state index in [2.05, 4.69) is 48.6 Å². The van der Waals surface area contributed by atoms with Gasteiger partial charge in [-0.2, -0.15) is 0 Å². The van der Waals surface area contributed by atoms with Gasteiger partial charge in [-0.25, -0.2) is 4.98 Å². The van der Waals surface area contributed by atoms with Crippen molar-refractivity contribution >= 4 is 21.7 Å². The molecule has 0 amide bonds. The molecule has 0 saturated heterocycles. The Labute approximate surface area is 100 Å². The van der Waals surface area contributed by atoms with E-state index >= 15 is 0 Å². The van der Waals surface area contributed by atoms with Crippen LogP contribution in [-0.4, -0.2) is 9.81 Å². The van der Waals surface area contributed by atoms with E-state index < -0.39 is 0 Å². The first-order valence-corrected chi connectivity index (χ1v) is 6.12. The number of anilines is 1. The highest BCUT2D eigenvalue weighted by Crippen LogP contribution is 2.35. The topological polar surface area (TPSA) is 38.9 Å². The smallest absolute Gasteiger partial charge is 0.127 e. The Morgan fingerprint density at radius 2 is 2.13 bits per heavy atom. The zero-order chi connectivity index (χ0) is 11.6. The molecule has 3 heteroatoms. The predicted molar refractivity (Wildman–Crippen MR) is 69.4 cm³/mol. The molecular formula is C12H19BrN2. The van der Waals surface area contributed by atoms with E-state index in [-0.39, 0.29) is 5.41 Å². The number of halogens is 1.